The van der Waals surface area contributed by atoms with Crippen LogP contribution in [0.4, 0.5) is 4.39 Å². The fourth-order valence-electron chi connectivity index (χ4n) is 1.99. The molecule has 1 aliphatic heterocycles. The van der Waals surface area contributed by atoms with Gasteiger partial charge in [0.1, 0.15) is 0 Å². The number of carbonyl (C=O) groups excluding carboxylic acids is 1. The van der Waals surface area contributed by atoms with Gasteiger partial charge in [-0.3, -0.25) is 0 Å². The van der Waals surface area contributed by atoms with Gasteiger partial charge >= 0.3 is 58.5 Å². The second-order valence-corrected chi connectivity index (χ2v) is 6.94. The number of aliphatic carboxylic acids is 1. The van der Waals surface area contributed by atoms with Gasteiger partial charge in [0.15, 0.2) is 11.6 Å². The van der Waals surface area contributed by atoms with Crippen LogP contribution in [0.25, 0.3) is 0 Å². The molecular weight excluding hydrogens is 353 g/mol. The van der Waals surface area contributed by atoms with Crippen LogP contribution >= 0.6 is 0 Å². The Morgan fingerprint density at radius 1 is 1.20 bits per heavy atom. The Morgan fingerprint density at radius 3 is 2.00 bits per heavy atom. The van der Waals surface area contributed by atoms with Crippen LogP contribution in [0.2, 0.25) is 0 Å². The topological polar surface area (TPSA) is 67.8 Å². The van der Waals surface area contributed by atoms with E-state index in [1.54, 1.807) is 12.1 Å². The second kappa shape index (κ2) is 9.83. The minimum absolute atomic E-state index is 0. The number of carboxylic acid groups (broad SMARTS) is 1. The third kappa shape index (κ3) is 7.28. The van der Waals surface area contributed by atoms with Gasteiger partial charge in [0.05, 0.1) is 17.3 Å². The average molecular weight is 378 g/mol. The van der Waals surface area contributed by atoms with Gasteiger partial charge in [0, 0.05) is 5.97 Å². The quantitative estimate of drug-likeness (QED) is 0.610. The van der Waals surface area contributed by atoms with Crippen molar-refractivity contribution in [2.45, 2.75) is 65.8 Å². The molecule has 1 fully saturated rings. The Kier molecular flexibility index (Phi) is 9.84. The van der Waals surface area contributed by atoms with E-state index in [1.165, 1.54) is 6.07 Å². The molecule has 5 nitrogen and oxygen atoms in total. The van der Waals surface area contributed by atoms with E-state index in [2.05, 4.69) is 0 Å². The molecule has 1 aromatic rings. The fraction of sp³-hybridized carbons (Fsp3) is 0.588. The van der Waals surface area contributed by atoms with E-state index in [0.717, 1.165) is 6.92 Å². The molecule has 0 atom stereocenters. The Hall–Kier alpha value is 0.0413. The predicted molar refractivity (Wildman–Crippen MR) is 88.6 cm³/mol. The average Bonchev–Trinajstić information content (AvgIpc) is 2.60. The van der Waals surface area contributed by atoms with Crippen molar-refractivity contribution in [3.8, 4) is 5.75 Å². The molecule has 0 saturated carbocycles. The molecule has 0 unspecified atom stereocenters. The van der Waals surface area contributed by atoms with Crippen molar-refractivity contribution >= 4 is 18.6 Å². The van der Waals surface area contributed by atoms with E-state index >= 15 is 0 Å². The van der Waals surface area contributed by atoms with Gasteiger partial charge in [-0.05, 0) is 66.1 Å². The van der Waals surface area contributed by atoms with E-state index in [9.17, 15) is 4.39 Å². The number of hydrogen-bond acceptors (Lipinski definition) is 5. The molecule has 1 aliphatic rings. The second-order valence-electron chi connectivity index (χ2n) is 6.94. The standard InChI is InChI=1S/C15H22BFO3.C2H4O2.K/c1-10(2)18-13-8-7-11(9-12(13)17)16-19-14(3,4)15(5,6)20-16;1-2(3)4;/h7-10H,1-6H3;1H3,(H,3,4);/q;;+1/p-1. The first-order chi connectivity index (χ1) is 10.9. The summed E-state index contributed by atoms with van der Waals surface area (Å²) in [5.41, 5.74) is -0.195. The van der Waals surface area contributed by atoms with Crippen LogP contribution in [0.3, 0.4) is 0 Å². The number of carboxylic acids is 1. The molecule has 0 radical (unpaired) electrons. The molecule has 0 amide bonds. The number of benzene rings is 1. The molecule has 8 heteroatoms. The van der Waals surface area contributed by atoms with E-state index in [0.29, 0.717) is 5.46 Å². The normalized spacial score (nSPS) is 17.4. The molecular formula is C17H25BFKO5. The number of carbonyl (C=O) groups is 1. The predicted octanol–water partition coefficient (Wildman–Crippen LogP) is -1.33. The SMILES string of the molecule is CC(=O)[O-].CC(C)Oc1ccc(B2OC(C)(C)C(C)(C)O2)cc1F.[K+]. The molecule has 25 heavy (non-hydrogen) atoms. The zero-order valence-electron chi connectivity index (χ0n) is 16.3. The largest absolute Gasteiger partial charge is 1.00 e. The van der Waals surface area contributed by atoms with Gasteiger partial charge in [-0.1, -0.05) is 6.07 Å². The summed E-state index contributed by atoms with van der Waals surface area (Å²) in [6, 6.07) is 4.82. The monoisotopic (exact) mass is 378 g/mol. The van der Waals surface area contributed by atoms with Crippen molar-refractivity contribution in [2.24, 2.45) is 0 Å². The van der Waals surface area contributed by atoms with Gasteiger partial charge in [-0.2, -0.15) is 0 Å². The minimum atomic E-state index is -1.08. The fourth-order valence-corrected chi connectivity index (χ4v) is 1.99. The minimum Gasteiger partial charge on any atom is -0.550 e. The summed E-state index contributed by atoms with van der Waals surface area (Å²) in [6.45, 7) is 12.6. The van der Waals surface area contributed by atoms with Gasteiger partial charge < -0.3 is 23.9 Å². The first kappa shape index (κ1) is 25.0. The Bertz CT molecular complexity index is 572. The summed E-state index contributed by atoms with van der Waals surface area (Å²) < 4.78 is 31.2. The molecule has 0 spiro atoms. The summed E-state index contributed by atoms with van der Waals surface area (Å²) >= 11 is 0. The third-order valence-corrected chi connectivity index (χ3v) is 3.84. The number of ether oxygens (including phenoxy) is 1. The van der Waals surface area contributed by atoms with Crippen molar-refractivity contribution in [1.82, 2.24) is 0 Å². The first-order valence-corrected chi connectivity index (χ1v) is 7.85. The van der Waals surface area contributed by atoms with E-state index in [1.807, 2.05) is 41.5 Å². The van der Waals surface area contributed by atoms with E-state index < -0.39 is 30.1 Å². The summed E-state index contributed by atoms with van der Waals surface area (Å²) in [7, 11) is -0.553. The zero-order chi connectivity index (χ0) is 18.7. The molecule has 1 saturated heterocycles. The number of halogens is 1. The molecule has 2 rings (SSSR count). The van der Waals surface area contributed by atoms with E-state index in [4.69, 9.17) is 23.9 Å². The van der Waals surface area contributed by atoms with Crippen LogP contribution in [-0.2, 0) is 14.1 Å². The van der Waals surface area contributed by atoms with Gasteiger partial charge in [-0.15, -0.1) is 0 Å². The number of hydrogen-bond donors (Lipinski definition) is 0. The van der Waals surface area contributed by atoms with E-state index in [-0.39, 0.29) is 63.2 Å². The summed E-state index contributed by atoms with van der Waals surface area (Å²) in [6.07, 6.45) is -0.0628. The molecule has 1 heterocycles. The molecule has 0 N–H and O–H groups in total. The summed E-state index contributed by atoms with van der Waals surface area (Å²) in [5, 5.41) is 8.89. The molecule has 1 aromatic carbocycles. The molecule has 134 valence electrons. The third-order valence-electron chi connectivity index (χ3n) is 3.84. The summed E-state index contributed by atoms with van der Waals surface area (Å²) in [4.78, 5) is 8.89. The molecule has 0 bridgehead atoms. The van der Waals surface area contributed by atoms with Crippen molar-refractivity contribution in [3.05, 3.63) is 24.0 Å². The van der Waals surface area contributed by atoms with Crippen LogP contribution in [-0.4, -0.2) is 30.4 Å². The zero-order valence-corrected chi connectivity index (χ0v) is 19.4. The molecule has 0 aliphatic carbocycles. The maximum absolute atomic E-state index is 14.0. The smallest absolute Gasteiger partial charge is 0.550 e. The molecule has 0 aromatic heterocycles. The van der Waals surface area contributed by atoms with Gasteiger partial charge in [-0.25, -0.2) is 4.39 Å². The summed E-state index contributed by atoms with van der Waals surface area (Å²) in [5.74, 6) is -1.23. The maximum atomic E-state index is 14.0. The van der Waals surface area contributed by atoms with Crippen molar-refractivity contribution in [1.29, 1.82) is 0 Å². The van der Waals surface area contributed by atoms with Crippen LogP contribution in [0.5, 0.6) is 5.75 Å². The van der Waals surface area contributed by atoms with Crippen molar-refractivity contribution in [3.63, 3.8) is 0 Å². The maximum Gasteiger partial charge on any atom is 1.00 e. The van der Waals surface area contributed by atoms with Crippen LogP contribution in [0, 0.1) is 5.82 Å². The van der Waals surface area contributed by atoms with Gasteiger partial charge in [0.2, 0.25) is 0 Å². The number of rotatable bonds is 3. The van der Waals surface area contributed by atoms with Gasteiger partial charge in [0.25, 0.3) is 0 Å². The van der Waals surface area contributed by atoms with Crippen LogP contribution < -0.4 is 66.7 Å². The van der Waals surface area contributed by atoms with Crippen LogP contribution in [0.1, 0.15) is 48.5 Å². The Balaban J connectivity index is 0.00000104. The first-order valence-electron chi connectivity index (χ1n) is 7.85. The van der Waals surface area contributed by atoms with Crippen molar-refractivity contribution < 1.29 is 79.7 Å². The van der Waals surface area contributed by atoms with Crippen molar-refractivity contribution in [2.75, 3.05) is 0 Å². The Morgan fingerprint density at radius 2 is 1.64 bits per heavy atom. The van der Waals surface area contributed by atoms with Crippen LogP contribution in [0.15, 0.2) is 18.2 Å². The Labute approximate surface area is 192 Å².